The van der Waals surface area contributed by atoms with Crippen molar-refractivity contribution in [2.45, 2.75) is 15.9 Å². The van der Waals surface area contributed by atoms with Crippen LogP contribution in [0.5, 0.6) is 0 Å². The molecule has 3 atom stereocenters. The van der Waals surface area contributed by atoms with E-state index >= 15 is 0 Å². The lowest BCUT2D eigenvalue weighted by Gasteiger charge is -2.23. The van der Waals surface area contributed by atoms with Gasteiger partial charge in [0.25, 0.3) is 5.91 Å². The van der Waals surface area contributed by atoms with E-state index in [9.17, 15) is 24.8 Å². The highest BCUT2D eigenvalue weighted by atomic mass is 79.9. The van der Waals surface area contributed by atoms with Gasteiger partial charge in [-0.25, -0.2) is 4.79 Å². The number of halogens is 2. The molecular weight excluding hydrogens is 311 g/mol. The maximum absolute atomic E-state index is 10.9. The Hall–Kier alpha value is -0.860. The Morgan fingerprint density at radius 1 is 1.75 bits per heavy atom. The lowest BCUT2D eigenvalue weighted by atomic mass is 10.1. The van der Waals surface area contributed by atoms with Gasteiger partial charge >= 0.3 is 4.45 Å². The first-order valence-electron chi connectivity index (χ1n) is 3.69. The summed E-state index contributed by atoms with van der Waals surface area (Å²) in [6.07, 6.45) is -1.19. The normalized spacial score (nSPS) is 17.8. The van der Waals surface area contributed by atoms with Crippen LogP contribution in [0, 0.1) is 10.1 Å². The molecule has 0 saturated carbocycles. The summed E-state index contributed by atoms with van der Waals surface area (Å²) in [5.74, 6) is -1.29. The number of aliphatic imine (C=N–C) groups is 1. The molecule has 0 saturated heterocycles. The molecule has 8 nitrogen and oxygen atoms in total. The number of alkyl halides is 2. The standard InChI is InChI=1S/C6H6BrClN2O6/c7-6(1-11,10(15)16)4(13)3(8)5(14)9-2-12/h3-4,11,13H,1H2. The van der Waals surface area contributed by atoms with E-state index in [-0.39, 0.29) is 0 Å². The van der Waals surface area contributed by atoms with Gasteiger partial charge in [0.2, 0.25) is 6.08 Å². The molecule has 1 amide bonds. The minimum Gasteiger partial charge on any atom is -0.388 e. The molecule has 2 N–H and O–H groups in total. The average Bonchev–Trinajstić information content (AvgIpc) is 2.25. The second-order valence-electron chi connectivity index (χ2n) is 2.62. The molecule has 0 fully saturated rings. The van der Waals surface area contributed by atoms with Crippen LogP contribution in [0.2, 0.25) is 0 Å². The summed E-state index contributed by atoms with van der Waals surface area (Å²) in [5.41, 5.74) is 0. The molecule has 0 heterocycles. The number of aliphatic hydroxyl groups is 2. The largest absolute Gasteiger partial charge is 0.388 e. The third-order valence-electron chi connectivity index (χ3n) is 1.65. The smallest absolute Gasteiger partial charge is 0.324 e. The van der Waals surface area contributed by atoms with E-state index in [2.05, 4.69) is 20.9 Å². The van der Waals surface area contributed by atoms with Crippen LogP contribution < -0.4 is 0 Å². The first-order chi connectivity index (χ1) is 7.31. The van der Waals surface area contributed by atoms with Crippen LogP contribution in [0.3, 0.4) is 0 Å². The monoisotopic (exact) mass is 316 g/mol. The second-order valence-corrected chi connectivity index (χ2v) is 4.47. The van der Waals surface area contributed by atoms with Crippen molar-refractivity contribution in [3.05, 3.63) is 10.1 Å². The predicted octanol–water partition coefficient (Wildman–Crippen LogP) is -0.823. The molecule has 0 aromatic rings. The molecule has 0 radical (unpaired) electrons. The summed E-state index contributed by atoms with van der Waals surface area (Å²) in [4.78, 5) is 32.8. The SMILES string of the molecule is O=C=NC(=O)C(Cl)C(O)C(Br)(CO)[N+](=O)[O-]. The van der Waals surface area contributed by atoms with E-state index in [0.29, 0.717) is 0 Å². The van der Waals surface area contributed by atoms with Crippen molar-refractivity contribution in [3.63, 3.8) is 0 Å². The maximum Gasteiger partial charge on any atom is 0.324 e. The molecule has 0 aliphatic heterocycles. The van der Waals surface area contributed by atoms with Gasteiger partial charge < -0.3 is 10.2 Å². The zero-order valence-corrected chi connectivity index (χ0v) is 9.88. The van der Waals surface area contributed by atoms with E-state index in [4.69, 9.17) is 16.7 Å². The number of amides is 1. The summed E-state index contributed by atoms with van der Waals surface area (Å²) >= 11 is 7.81. The molecule has 90 valence electrons. The van der Waals surface area contributed by atoms with Crippen molar-refractivity contribution in [2.24, 2.45) is 4.99 Å². The topological polar surface area (TPSA) is 130 Å². The van der Waals surface area contributed by atoms with E-state index < -0.39 is 33.4 Å². The van der Waals surface area contributed by atoms with Gasteiger partial charge in [-0.05, 0) is 0 Å². The molecule has 0 aromatic heterocycles. The molecular formula is C6H6BrClN2O6. The fourth-order valence-electron chi connectivity index (χ4n) is 0.725. The van der Waals surface area contributed by atoms with Gasteiger partial charge in [-0.15, -0.1) is 16.6 Å². The van der Waals surface area contributed by atoms with Gasteiger partial charge in [-0.2, -0.15) is 0 Å². The Morgan fingerprint density at radius 3 is 2.56 bits per heavy atom. The van der Waals surface area contributed by atoms with Gasteiger partial charge in [0, 0.05) is 20.9 Å². The third-order valence-corrected chi connectivity index (χ3v) is 3.08. The minimum atomic E-state index is -2.40. The number of hydrogen-bond donors (Lipinski definition) is 2. The second kappa shape index (κ2) is 6.02. The number of nitro groups is 1. The van der Waals surface area contributed by atoms with E-state index in [0.717, 1.165) is 6.08 Å². The molecule has 0 rings (SSSR count). The predicted molar refractivity (Wildman–Crippen MR) is 54.5 cm³/mol. The molecule has 0 aliphatic carbocycles. The summed E-state index contributed by atoms with van der Waals surface area (Å²) < 4.78 is -2.40. The van der Waals surface area contributed by atoms with Crippen LogP contribution >= 0.6 is 27.5 Å². The van der Waals surface area contributed by atoms with Crippen molar-refractivity contribution in [2.75, 3.05) is 6.61 Å². The quantitative estimate of drug-likeness (QED) is 0.170. The number of carbonyl (C=O) groups excluding carboxylic acids is 2. The molecule has 0 aliphatic rings. The van der Waals surface area contributed by atoms with Crippen LogP contribution in [0.1, 0.15) is 0 Å². The number of hydrogen-bond acceptors (Lipinski definition) is 6. The van der Waals surface area contributed by atoms with E-state index in [1.54, 1.807) is 0 Å². The Labute approximate surface area is 102 Å². The number of isocyanates is 1. The Kier molecular flexibility index (Phi) is 5.70. The molecule has 3 unspecified atom stereocenters. The fourth-order valence-corrected chi connectivity index (χ4v) is 1.40. The number of rotatable bonds is 5. The Balaban J connectivity index is 5.03. The van der Waals surface area contributed by atoms with Crippen LogP contribution in [-0.2, 0) is 9.59 Å². The van der Waals surface area contributed by atoms with Gasteiger partial charge in [0.15, 0.2) is 6.10 Å². The highest BCUT2D eigenvalue weighted by molar-refractivity contribution is 9.10. The first-order valence-corrected chi connectivity index (χ1v) is 4.92. The van der Waals surface area contributed by atoms with Gasteiger partial charge in [-0.3, -0.25) is 14.9 Å². The van der Waals surface area contributed by atoms with Crippen molar-refractivity contribution in [1.82, 2.24) is 0 Å². The highest BCUT2D eigenvalue weighted by Gasteiger charge is 2.52. The van der Waals surface area contributed by atoms with Crippen LogP contribution in [0.15, 0.2) is 4.99 Å². The minimum absolute atomic E-state index is 0.884. The molecule has 16 heavy (non-hydrogen) atoms. The summed E-state index contributed by atoms with van der Waals surface area (Å²) in [6.45, 7) is -1.11. The zero-order valence-electron chi connectivity index (χ0n) is 7.54. The fraction of sp³-hybridized carbons (Fsp3) is 0.667. The first kappa shape index (κ1) is 15.1. The van der Waals surface area contributed by atoms with Crippen LogP contribution in [0.25, 0.3) is 0 Å². The van der Waals surface area contributed by atoms with Crippen molar-refractivity contribution in [3.8, 4) is 0 Å². The average molecular weight is 317 g/mol. The third kappa shape index (κ3) is 3.06. The summed E-state index contributed by atoms with van der Waals surface area (Å²) in [7, 11) is 0. The molecule has 0 spiro atoms. The lowest BCUT2D eigenvalue weighted by molar-refractivity contribution is -0.550. The maximum atomic E-state index is 10.9. The van der Waals surface area contributed by atoms with E-state index in [1.165, 1.54) is 0 Å². The van der Waals surface area contributed by atoms with Gasteiger partial charge in [0.05, 0.1) is 0 Å². The highest BCUT2D eigenvalue weighted by Crippen LogP contribution is 2.27. The Morgan fingerprint density at radius 2 is 2.25 bits per heavy atom. The number of aliphatic hydroxyl groups excluding tert-OH is 2. The molecule has 0 bridgehead atoms. The molecule has 10 heteroatoms. The van der Waals surface area contributed by atoms with Gasteiger partial charge in [-0.1, -0.05) is 0 Å². The van der Waals surface area contributed by atoms with Crippen LogP contribution in [0.4, 0.5) is 0 Å². The number of carbonyl (C=O) groups is 1. The van der Waals surface area contributed by atoms with Gasteiger partial charge in [0.1, 0.15) is 12.0 Å². The van der Waals surface area contributed by atoms with Crippen molar-refractivity contribution < 1.29 is 24.7 Å². The number of nitrogens with zero attached hydrogens (tertiary/aromatic N) is 2. The Bertz CT molecular complexity index is 346. The zero-order chi connectivity index (χ0) is 12.9. The van der Waals surface area contributed by atoms with E-state index in [1.807, 2.05) is 0 Å². The van der Waals surface area contributed by atoms with Crippen molar-refractivity contribution >= 4 is 39.5 Å². The molecule has 0 aromatic carbocycles. The summed E-state index contributed by atoms with van der Waals surface area (Å²) in [5, 5.41) is 26.9. The van der Waals surface area contributed by atoms with Crippen LogP contribution in [-0.4, -0.2) is 49.7 Å². The van der Waals surface area contributed by atoms with Crippen molar-refractivity contribution in [1.29, 1.82) is 0 Å². The summed E-state index contributed by atoms with van der Waals surface area (Å²) in [6, 6.07) is 0. The lowest BCUT2D eigenvalue weighted by Crippen LogP contribution is -2.52.